The maximum Gasteiger partial charge on any atom is 0.141 e. The van der Waals surface area contributed by atoms with Gasteiger partial charge in [0.25, 0.3) is 0 Å². The van der Waals surface area contributed by atoms with Crippen LogP contribution in [-0.4, -0.2) is 47.9 Å². The van der Waals surface area contributed by atoms with Crippen LogP contribution in [0.3, 0.4) is 0 Å². The van der Waals surface area contributed by atoms with Crippen LogP contribution < -0.4 is 9.46 Å². The van der Waals surface area contributed by atoms with Gasteiger partial charge in [-0.25, -0.2) is 4.98 Å². The average molecular weight is 397 g/mol. The SMILES string of the molecule is CSNCc1ccc(-c2c[nH]c3nccc(OCC4CCCN(C)C4)c23)cc1. The number of H-pyrrole nitrogens is 1. The molecule has 0 radical (unpaired) electrons. The summed E-state index contributed by atoms with van der Waals surface area (Å²) in [5, 5.41) is 1.07. The van der Waals surface area contributed by atoms with E-state index in [-0.39, 0.29) is 0 Å². The van der Waals surface area contributed by atoms with Gasteiger partial charge in [0.05, 0.1) is 12.0 Å². The summed E-state index contributed by atoms with van der Waals surface area (Å²) in [6.45, 7) is 3.93. The topological polar surface area (TPSA) is 53.2 Å². The molecule has 3 aromatic rings. The van der Waals surface area contributed by atoms with Crippen molar-refractivity contribution in [3.63, 3.8) is 0 Å². The van der Waals surface area contributed by atoms with Crippen LogP contribution in [-0.2, 0) is 6.54 Å². The zero-order valence-corrected chi connectivity index (χ0v) is 17.4. The van der Waals surface area contributed by atoms with Crippen LogP contribution in [0.15, 0.2) is 42.7 Å². The minimum atomic E-state index is 0.590. The first kappa shape index (κ1) is 19.3. The van der Waals surface area contributed by atoms with Crippen LogP contribution in [0, 0.1) is 5.92 Å². The van der Waals surface area contributed by atoms with Gasteiger partial charge in [-0.1, -0.05) is 36.2 Å². The van der Waals surface area contributed by atoms with E-state index in [4.69, 9.17) is 4.74 Å². The molecule has 1 atom stereocenters. The number of rotatable bonds is 7. The third-order valence-electron chi connectivity index (χ3n) is 5.42. The summed E-state index contributed by atoms with van der Waals surface area (Å²) in [7, 11) is 2.19. The van der Waals surface area contributed by atoms with E-state index in [2.05, 4.69) is 50.9 Å². The molecule has 1 aromatic carbocycles. The van der Waals surface area contributed by atoms with Crippen molar-refractivity contribution in [1.29, 1.82) is 0 Å². The summed E-state index contributed by atoms with van der Waals surface area (Å²) >= 11 is 1.64. The minimum absolute atomic E-state index is 0.590. The van der Waals surface area contributed by atoms with Gasteiger partial charge in [0.2, 0.25) is 0 Å². The van der Waals surface area contributed by atoms with Gasteiger partial charge in [-0.05, 0) is 49.9 Å². The summed E-state index contributed by atoms with van der Waals surface area (Å²) in [6.07, 6.45) is 8.39. The van der Waals surface area contributed by atoms with Crippen LogP contribution in [0.5, 0.6) is 5.75 Å². The Balaban J connectivity index is 1.56. The fourth-order valence-electron chi connectivity index (χ4n) is 3.95. The van der Waals surface area contributed by atoms with Crippen LogP contribution in [0.4, 0.5) is 0 Å². The Morgan fingerprint density at radius 1 is 1.29 bits per heavy atom. The van der Waals surface area contributed by atoms with E-state index < -0.39 is 0 Å². The summed E-state index contributed by atoms with van der Waals surface area (Å²) in [6, 6.07) is 10.7. The number of nitrogens with one attached hydrogen (secondary N) is 2. The van der Waals surface area contributed by atoms with E-state index in [1.54, 1.807) is 11.9 Å². The number of piperidine rings is 1. The van der Waals surface area contributed by atoms with Crippen LogP contribution in [0.25, 0.3) is 22.2 Å². The highest BCUT2D eigenvalue weighted by Crippen LogP contribution is 2.35. The molecule has 3 heterocycles. The van der Waals surface area contributed by atoms with Crippen LogP contribution in [0.2, 0.25) is 0 Å². The molecule has 1 aliphatic rings. The van der Waals surface area contributed by atoms with Crippen molar-refractivity contribution >= 4 is 23.0 Å². The smallest absolute Gasteiger partial charge is 0.141 e. The van der Waals surface area contributed by atoms with Gasteiger partial charge in [-0.3, -0.25) is 4.72 Å². The Morgan fingerprint density at radius 2 is 2.14 bits per heavy atom. The number of pyridine rings is 1. The standard InChI is InChI=1S/C22H28N4OS/c1-26-11-3-4-17(14-26)15-27-20-9-10-23-22-21(20)19(13-24-22)18-7-5-16(6-8-18)12-25-28-2/h5-10,13,17,25H,3-4,11-12,14-15H2,1-2H3,(H,23,24). The van der Waals surface area contributed by atoms with Crippen molar-refractivity contribution in [3.05, 3.63) is 48.3 Å². The van der Waals surface area contributed by atoms with Gasteiger partial charge >= 0.3 is 0 Å². The van der Waals surface area contributed by atoms with Crippen molar-refractivity contribution in [1.82, 2.24) is 19.6 Å². The Labute approximate surface area is 171 Å². The predicted molar refractivity (Wildman–Crippen MR) is 118 cm³/mol. The Bertz CT molecular complexity index is 909. The van der Waals surface area contributed by atoms with E-state index in [0.717, 1.165) is 42.0 Å². The monoisotopic (exact) mass is 396 g/mol. The van der Waals surface area contributed by atoms with Crippen molar-refractivity contribution < 1.29 is 4.74 Å². The predicted octanol–water partition coefficient (Wildman–Crippen LogP) is 4.32. The van der Waals surface area contributed by atoms with E-state index in [1.807, 2.05) is 24.7 Å². The van der Waals surface area contributed by atoms with Gasteiger partial charge in [-0.15, -0.1) is 0 Å². The molecule has 0 bridgehead atoms. The number of nitrogens with zero attached hydrogens (tertiary/aromatic N) is 2. The highest BCUT2D eigenvalue weighted by atomic mass is 32.2. The molecular formula is C22H28N4OS. The molecule has 1 aliphatic heterocycles. The molecule has 4 rings (SSSR count). The largest absolute Gasteiger partial charge is 0.492 e. The lowest BCUT2D eigenvalue weighted by Gasteiger charge is -2.29. The lowest BCUT2D eigenvalue weighted by Crippen LogP contribution is -2.34. The first-order chi connectivity index (χ1) is 13.7. The fraction of sp³-hybridized carbons (Fsp3) is 0.409. The molecule has 0 saturated carbocycles. The molecule has 1 saturated heterocycles. The van der Waals surface area contributed by atoms with Gasteiger partial charge in [0.15, 0.2) is 0 Å². The molecule has 6 heteroatoms. The quantitative estimate of drug-likeness (QED) is 0.583. The number of aromatic amines is 1. The number of fused-ring (bicyclic) bond motifs is 1. The van der Waals surface area contributed by atoms with E-state index in [1.165, 1.54) is 30.5 Å². The molecule has 2 N–H and O–H groups in total. The van der Waals surface area contributed by atoms with Gasteiger partial charge in [0, 0.05) is 37.0 Å². The number of ether oxygens (including phenoxy) is 1. The summed E-state index contributed by atoms with van der Waals surface area (Å²) in [5.74, 6) is 1.51. The van der Waals surface area contributed by atoms with Crippen LogP contribution in [0.1, 0.15) is 18.4 Å². The normalized spacial score (nSPS) is 17.9. The highest BCUT2D eigenvalue weighted by molar-refractivity contribution is 7.96. The average Bonchev–Trinajstić information content (AvgIpc) is 3.16. The molecule has 1 unspecified atom stereocenters. The Kier molecular flexibility index (Phi) is 6.20. The van der Waals surface area contributed by atoms with Crippen molar-refractivity contribution in [3.8, 4) is 16.9 Å². The number of hydrogen-bond donors (Lipinski definition) is 2. The molecule has 0 aliphatic carbocycles. The molecule has 0 spiro atoms. The zero-order valence-electron chi connectivity index (χ0n) is 16.6. The van der Waals surface area contributed by atoms with Crippen LogP contribution >= 0.6 is 11.9 Å². The second kappa shape index (κ2) is 8.99. The Morgan fingerprint density at radius 3 is 2.93 bits per heavy atom. The van der Waals surface area contributed by atoms with E-state index in [0.29, 0.717) is 5.92 Å². The number of aromatic nitrogens is 2. The first-order valence-corrected chi connectivity index (χ1v) is 11.1. The minimum Gasteiger partial charge on any atom is -0.492 e. The van der Waals surface area contributed by atoms with Gasteiger partial charge < -0.3 is 14.6 Å². The summed E-state index contributed by atoms with van der Waals surface area (Å²) in [5.41, 5.74) is 4.47. The van der Waals surface area contributed by atoms with Crippen molar-refractivity contribution in [2.24, 2.45) is 5.92 Å². The summed E-state index contributed by atoms with van der Waals surface area (Å²) < 4.78 is 9.59. The van der Waals surface area contributed by atoms with Gasteiger partial charge in [-0.2, -0.15) is 0 Å². The van der Waals surface area contributed by atoms with Crippen molar-refractivity contribution in [2.45, 2.75) is 19.4 Å². The molecule has 0 amide bonds. The molecule has 1 fully saturated rings. The Hall–Kier alpha value is -2.02. The second-order valence-electron chi connectivity index (χ2n) is 7.54. The maximum atomic E-state index is 6.31. The third-order valence-corrected chi connectivity index (χ3v) is 5.85. The van der Waals surface area contributed by atoms with E-state index in [9.17, 15) is 0 Å². The molecule has 2 aromatic heterocycles. The third kappa shape index (κ3) is 4.35. The fourth-order valence-corrected chi connectivity index (χ4v) is 4.26. The van der Waals surface area contributed by atoms with Crippen molar-refractivity contribution in [2.75, 3.05) is 33.0 Å². The summed E-state index contributed by atoms with van der Waals surface area (Å²) in [4.78, 5) is 10.2. The molecule has 5 nitrogen and oxygen atoms in total. The highest BCUT2D eigenvalue weighted by Gasteiger charge is 2.19. The van der Waals surface area contributed by atoms with E-state index >= 15 is 0 Å². The molecular weight excluding hydrogens is 368 g/mol. The maximum absolute atomic E-state index is 6.31. The zero-order chi connectivity index (χ0) is 19.3. The first-order valence-electron chi connectivity index (χ1n) is 9.87. The number of likely N-dealkylation sites (tertiary alicyclic amines) is 1. The lowest BCUT2D eigenvalue weighted by molar-refractivity contribution is 0.151. The number of hydrogen-bond acceptors (Lipinski definition) is 5. The molecule has 148 valence electrons. The lowest BCUT2D eigenvalue weighted by atomic mass is 9.99. The molecule has 28 heavy (non-hydrogen) atoms. The second-order valence-corrected chi connectivity index (χ2v) is 8.24. The number of benzene rings is 1. The van der Waals surface area contributed by atoms with Gasteiger partial charge in [0.1, 0.15) is 11.4 Å².